The average Bonchev–Trinajstić information content (AvgIpc) is 2.34. The molecule has 2 aromatic carbocycles. The molecule has 0 bridgehead atoms. The van der Waals surface area contributed by atoms with E-state index >= 15 is 0 Å². The van der Waals surface area contributed by atoms with Crippen LogP contribution in [-0.2, 0) is 0 Å². The van der Waals surface area contributed by atoms with Crippen LogP contribution in [0.3, 0.4) is 0 Å². The van der Waals surface area contributed by atoms with E-state index in [9.17, 15) is 4.79 Å². The first-order chi connectivity index (χ1) is 8.97. The zero-order chi connectivity index (χ0) is 14.0. The van der Waals surface area contributed by atoms with E-state index in [4.69, 9.17) is 27.9 Å². The van der Waals surface area contributed by atoms with Crippen LogP contribution in [0.5, 0.6) is 5.75 Å². The third-order valence-corrected chi connectivity index (χ3v) is 3.46. The lowest BCUT2D eigenvalue weighted by molar-refractivity contribution is 0.0733. The summed E-state index contributed by atoms with van der Waals surface area (Å²) < 4.78 is 6.16. The topological polar surface area (TPSA) is 26.3 Å². The van der Waals surface area contributed by atoms with E-state index < -0.39 is 5.97 Å². The van der Waals surface area contributed by atoms with E-state index in [2.05, 4.69) is 15.9 Å². The summed E-state index contributed by atoms with van der Waals surface area (Å²) in [5.74, 6) is -0.103. The van der Waals surface area contributed by atoms with Crippen molar-refractivity contribution in [2.24, 2.45) is 0 Å². The van der Waals surface area contributed by atoms with Gasteiger partial charge in [-0.05, 0) is 48.9 Å². The van der Waals surface area contributed by atoms with Crippen LogP contribution in [0.1, 0.15) is 15.9 Å². The van der Waals surface area contributed by atoms with Crippen LogP contribution >= 0.6 is 39.1 Å². The van der Waals surface area contributed by atoms with Crippen molar-refractivity contribution in [1.29, 1.82) is 0 Å². The molecule has 0 unspecified atom stereocenters. The normalized spacial score (nSPS) is 10.3. The average molecular weight is 360 g/mol. The molecular weight excluding hydrogens is 351 g/mol. The second-order valence-electron chi connectivity index (χ2n) is 3.93. The second kappa shape index (κ2) is 5.95. The number of aryl methyl sites for hydroxylation is 1. The molecule has 0 aliphatic carbocycles. The summed E-state index contributed by atoms with van der Waals surface area (Å²) in [5.41, 5.74) is 1.20. The van der Waals surface area contributed by atoms with E-state index in [1.165, 1.54) is 0 Å². The molecule has 0 spiro atoms. The summed E-state index contributed by atoms with van der Waals surface area (Å²) in [5, 5.41) is 0.948. The van der Waals surface area contributed by atoms with Gasteiger partial charge in [0.15, 0.2) is 5.75 Å². The molecule has 0 heterocycles. The molecular formula is C14H9BrCl2O2. The fourth-order valence-corrected chi connectivity index (χ4v) is 2.69. The molecule has 0 N–H and O–H groups in total. The molecule has 0 fully saturated rings. The number of hydrogen-bond donors (Lipinski definition) is 0. The van der Waals surface area contributed by atoms with E-state index in [0.717, 1.165) is 10.0 Å². The molecule has 19 heavy (non-hydrogen) atoms. The van der Waals surface area contributed by atoms with Crippen LogP contribution in [-0.4, -0.2) is 5.97 Å². The molecule has 0 aliphatic rings. The Morgan fingerprint density at radius 2 is 1.79 bits per heavy atom. The van der Waals surface area contributed by atoms with Gasteiger partial charge < -0.3 is 4.74 Å². The smallest absolute Gasteiger partial charge is 0.343 e. The quantitative estimate of drug-likeness (QED) is 0.538. The number of rotatable bonds is 2. The Kier molecular flexibility index (Phi) is 4.50. The summed E-state index contributed by atoms with van der Waals surface area (Å²) in [6.07, 6.45) is 0. The third-order valence-electron chi connectivity index (χ3n) is 2.47. The Bertz CT molecular complexity index is 601. The van der Waals surface area contributed by atoms with Gasteiger partial charge in [-0.1, -0.05) is 39.1 Å². The zero-order valence-corrected chi connectivity index (χ0v) is 13.0. The standard InChI is InChI=1S/C14H9BrCl2O2/c1-8-6-10(15)7-12(17)13(8)19-14(18)9-2-4-11(16)5-3-9/h2-7H,1H3. The third kappa shape index (κ3) is 3.50. The largest absolute Gasteiger partial charge is 0.421 e. The fourth-order valence-electron chi connectivity index (χ4n) is 1.56. The first-order valence-corrected chi connectivity index (χ1v) is 6.95. The predicted molar refractivity (Wildman–Crippen MR) is 80.3 cm³/mol. The van der Waals surface area contributed by atoms with E-state index in [1.807, 2.05) is 13.0 Å². The van der Waals surface area contributed by atoms with Crippen molar-refractivity contribution in [2.45, 2.75) is 6.92 Å². The highest BCUT2D eigenvalue weighted by Crippen LogP contribution is 2.32. The zero-order valence-electron chi connectivity index (χ0n) is 9.91. The Hall–Kier alpha value is -1.03. The highest BCUT2D eigenvalue weighted by Gasteiger charge is 2.14. The van der Waals surface area contributed by atoms with Crippen LogP contribution in [0.4, 0.5) is 0 Å². The van der Waals surface area contributed by atoms with Crippen molar-refractivity contribution in [1.82, 2.24) is 0 Å². The minimum Gasteiger partial charge on any atom is -0.421 e. The number of esters is 1. The molecule has 2 aromatic rings. The van der Waals surface area contributed by atoms with Gasteiger partial charge in [0, 0.05) is 9.50 Å². The maximum Gasteiger partial charge on any atom is 0.343 e. The van der Waals surface area contributed by atoms with Gasteiger partial charge in [0.25, 0.3) is 0 Å². The molecule has 0 aromatic heterocycles. The lowest BCUT2D eigenvalue weighted by Gasteiger charge is -2.10. The number of carbonyl (C=O) groups excluding carboxylic acids is 1. The maximum atomic E-state index is 12.0. The molecule has 0 saturated carbocycles. The molecule has 0 radical (unpaired) electrons. The molecule has 0 atom stereocenters. The summed E-state index contributed by atoms with van der Waals surface area (Å²) in [4.78, 5) is 12.0. The molecule has 0 aliphatic heterocycles. The van der Waals surface area contributed by atoms with Gasteiger partial charge >= 0.3 is 5.97 Å². The molecule has 0 amide bonds. The van der Waals surface area contributed by atoms with Crippen molar-refractivity contribution in [3.63, 3.8) is 0 Å². The molecule has 98 valence electrons. The number of ether oxygens (including phenoxy) is 1. The molecule has 0 saturated heterocycles. The number of benzene rings is 2. The van der Waals surface area contributed by atoms with Crippen molar-refractivity contribution in [3.05, 3.63) is 62.0 Å². The van der Waals surface area contributed by atoms with Gasteiger partial charge in [-0.3, -0.25) is 0 Å². The Morgan fingerprint density at radius 1 is 1.16 bits per heavy atom. The van der Waals surface area contributed by atoms with Gasteiger partial charge in [-0.15, -0.1) is 0 Å². The highest BCUT2D eigenvalue weighted by molar-refractivity contribution is 9.10. The Labute approximate surface area is 129 Å². The van der Waals surface area contributed by atoms with Gasteiger partial charge in [-0.25, -0.2) is 4.79 Å². The van der Waals surface area contributed by atoms with Gasteiger partial charge in [-0.2, -0.15) is 0 Å². The summed E-state index contributed by atoms with van der Waals surface area (Å²) >= 11 is 15.2. The minimum atomic E-state index is -0.469. The predicted octanol–water partition coefficient (Wildman–Crippen LogP) is 5.28. The molecule has 5 heteroatoms. The van der Waals surface area contributed by atoms with Crippen molar-refractivity contribution < 1.29 is 9.53 Å². The first kappa shape index (κ1) is 14.4. The Balaban J connectivity index is 2.26. The summed E-state index contributed by atoms with van der Waals surface area (Å²) in [6, 6.07) is 9.98. The highest BCUT2D eigenvalue weighted by atomic mass is 79.9. The van der Waals surface area contributed by atoms with Gasteiger partial charge in [0.2, 0.25) is 0 Å². The van der Waals surface area contributed by atoms with E-state index in [0.29, 0.717) is 21.4 Å². The second-order valence-corrected chi connectivity index (χ2v) is 5.69. The first-order valence-electron chi connectivity index (χ1n) is 5.41. The molecule has 2 nitrogen and oxygen atoms in total. The fraction of sp³-hybridized carbons (Fsp3) is 0.0714. The van der Waals surface area contributed by atoms with Crippen LogP contribution in [0.15, 0.2) is 40.9 Å². The number of halogens is 3. The van der Waals surface area contributed by atoms with Crippen LogP contribution < -0.4 is 4.74 Å². The van der Waals surface area contributed by atoms with Gasteiger partial charge in [0.05, 0.1) is 10.6 Å². The van der Waals surface area contributed by atoms with E-state index in [1.54, 1.807) is 30.3 Å². The summed E-state index contributed by atoms with van der Waals surface area (Å²) in [6.45, 7) is 1.82. The minimum absolute atomic E-state index is 0.366. The number of hydrogen-bond acceptors (Lipinski definition) is 2. The molecule has 2 rings (SSSR count). The van der Waals surface area contributed by atoms with Crippen LogP contribution in [0.2, 0.25) is 10.0 Å². The lowest BCUT2D eigenvalue weighted by Crippen LogP contribution is -2.09. The summed E-state index contributed by atoms with van der Waals surface area (Å²) in [7, 11) is 0. The van der Waals surface area contributed by atoms with Crippen LogP contribution in [0, 0.1) is 6.92 Å². The lowest BCUT2D eigenvalue weighted by atomic mass is 10.2. The monoisotopic (exact) mass is 358 g/mol. The Morgan fingerprint density at radius 3 is 2.37 bits per heavy atom. The van der Waals surface area contributed by atoms with Crippen molar-refractivity contribution in [3.8, 4) is 5.75 Å². The SMILES string of the molecule is Cc1cc(Br)cc(Cl)c1OC(=O)c1ccc(Cl)cc1. The maximum absolute atomic E-state index is 12.0. The number of carbonyl (C=O) groups is 1. The van der Waals surface area contributed by atoms with Gasteiger partial charge in [0.1, 0.15) is 0 Å². The van der Waals surface area contributed by atoms with E-state index in [-0.39, 0.29) is 0 Å². The van der Waals surface area contributed by atoms with Crippen molar-refractivity contribution >= 4 is 45.1 Å². The van der Waals surface area contributed by atoms with Crippen LogP contribution in [0.25, 0.3) is 0 Å². The van der Waals surface area contributed by atoms with Crippen molar-refractivity contribution in [2.75, 3.05) is 0 Å².